The van der Waals surface area contributed by atoms with Crippen molar-refractivity contribution in [3.8, 4) is 11.5 Å². The van der Waals surface area contributed by atoms with Crippen molar-refractivity contribution in [3.63, 3.8) is 0 Å². The number of ether oxygens (including phenoxy) is 2. The van der Waals surface area contributed by atoms with Crippen molar-refractivity contribution in [2.45, 2.75) is 25.7 Å². The van der Waals surface area contributed by atoms with Gasteiger partial charge in [-0.15, -0.1) is 0 Å². The molecule has 1 saturated heterocycles. The van der Waals surface area contributed by atoms with Gasteiger partial charge < -0.3 is 24.8 Å². The number of rotatable bonds is 6. The Labute approximate surface area is 141 Å². The fourth-order valence-electron chi connectivity index (χ4n) is 2.86. The number of benzene rings is 1. The highest BCUT2D eigenvalue weighted by atomic mass is 16.5. The molecule has 0 unspecified atom stereocenters. The Morgan fingerprint density at radius 2 is 1.96 bits per heavy atom. The highest BCUT2D eigenvalue weighted by Crippen LogP contribution is 2.29. The van der Waals surface area contributed by atoms with Gasteiger partial charge in [0.05, 0.1) is 19.9 Å². The fraction of sp³-hybridized carbons (Fsp3) is 0.529. The Morgan fingerprint density at radius 3 is 2.54 bits per heavy atom. The highest BCUT2D eigenvalue weighted by Gasteiger charge is 2.22. The number of methoxy groups -OCH3 is 2. The van der Waals surface area contributed by atoms with Crippen molar-refractivity contribution >= 4 is 17.7 Å². The molecule has 1 aliphatic rings. The molecule has 2 amide bonds. The second-order valence-electron chi connectivity index (χ2n) is 5.87. The lowest BCUT2D eigenvalue weighted by molar-refractivity contribution is -0.116. The Bertz CT molecular complexity index is 582. The zero-order chi connectivity index (χ0) is 17.5. The quantitative estimate of drug-likeness (QED) is 0.834. The first-order chi connectivity index (χ1) is 11.5. The van der Waals surface area contributed by atoms with Crippen LogP contribution >= 0.6 is 0 Å². The molecule has 0 spiro atoms. The molecule has 2 rings (SSSR count). The zero-order valence-corrected chi connectivity index (χ0v) is 14.1. The molecule has 7 nitrogen and oxygen atoms in total. The molecule has 1 heterocycles. The van der Waals surface area contributed by atoms with Gasteiger partial charge in [0.25, 0.3) is 0 Å². The van der Waals surface area contributed by atoms with Crippen LogP contribution in [0.25, 0.3) is 0 Å². The summed E-state index contributed by atoms with van der Waals surface area (Å²) in [5.41, 5.74) is 0.615. The first kappa shape index (κ1) is 17.9. The molecule has 0 atom stereocenters. The summed E-state index contributed by atoms with van der Waals surface area (Å²) in [5, 5.41) is 11.8. The Balaban J connectivity index is 1.81. The van der Waals surface area contributed by atoms with E-state index in [4.69, 9.17) is 14.6 Å². The van der Waals surface area contributed by atoms with Crippen molar-refractivity contribution in [1.82, 2.24) is 4.90 Å². The van der Waals surface area contributed by atoms with Gasteiger partial charge in [0.1, 0.15) is 11.5 Å². The van der Waals surface area contributed by atoms with Gasteiger partial charge in [0.15, 0.2) is 0 Å². The van der Waals surface area contributed by atoms with Crippen LogP contribution in [0.5, 0.6) is 11.5 Å². The number of carboxylic acid groups (broad SMARTS) is 1. The Morgan fingerprint density at radius 1 is 1.25 bits per heavy atom. The maximum absolute atomic E-state index is 12.1. The molecule has 1 aliphatic heterocycles. The molecule has 7 heteroatoms. The zero-order valence-electron chi connectivity index (χ0n) is 14.1. The van der Waals surface area contributed by atoms with Gasteiger partial charge in [-0.2, -0.15) is 0 Å². The topological polar surface area (TPSA) is 88.1 Å². The van der Waals surface area contributed by atoms with Crippen LogP contribution in [0.3, 0.4) is 0 Å². The standard InChI is InChI=1S/C17H24N2O5/c1-23-13-4-5-14(15(11-13)24-2)18-16(20)6-3-12-7-9-19(10-8-12)17(21)22/h4-5,11-12H,3,6-10H2,1-2H3,(H,18,20)(H,21,22). The van der Waals surface area contributed by atoms with Gasteiger partial charge in [-0.3, -0.25) is 4.79 Å². The summed E-state index contributed by atoms with van der Waals surface area (Å²) >= 11 is 0. The molecular formula is C17H24N2O5. The van der Waals surface area contributed by atoms with Crippen molar-refractivity contribution in [2.24, 2.45) is 5.92 Å². The maximum atomic E-state index is 12.1. The fourth-order valence-corrected chi connectivity index (χ4v) is 2.86. The number of carbonyl (C=O) groups is 2. The molecule has 132 valence electrons. The van der Waals surface area contributed by atoms with Crippen molar-refractivity contribution < 1.29 is 24.2 Å². The number of carbonyl (C=O) groups excluding carboxylic acids is 1. The lowest BCUT2D eigenvalue weighted by atomic mass is 9.92. The minimum absolute atomic E-state index is 0.0702. The number of likely N-dealkylation sites (tertiary alicyclic amines) is 1. The first-order valence-corrected chi connectivity index (χ1v) is 8.03. The Hall–Kier alpha value is -2.44. The highest BCUT2D eigenvalue weighted by molar-refractivity contribution is 5.92. The van der Waals surface area contributed by atoms with E-state index in [-0.39, 0.29) is 5.91 Å². The lowest BCUT2D eigenvalue weighted by Gasteiger charge is -2.29. The summed E-state index contributed by atoms with van der Waals surface area (Å²) in [4.78, 5) is 24.5. The molecule has 0 aliphatic carbocycles. The molecule has 2 N–H and O–H groups in total. The number of piperidine rings is 1. The molecule has 1 aromatic carbocycles. The van der Waals surface area contributed by atoms with Crippen LogP contribution in [-0.2, 0) is 4.79 Å². The summed E-state index contributed by atoms with van der Waals surface area (Å²) < 4.78 is 10.4. The summed E-state index contributed by atoms with van der Waals surface area (Å²) in [7, 11) is 3.11. The number of hydrogen-bond acceptors (Lipinski definition) is 4. The van der Waals surface area contributed by atoms with Crippen LogP contribution in [0.1, 0.15) is 25.7 Å². The maximum Gasteiger partial charge on any atom is 0.407 e. The average Bonchev–Trinajstić information content (AvgIpc) is 2.60. The van der Waals surface area contributed by atoms with E-state index in [9.17, 15) is 9.59 Å². The van der Waals surface area contributed by atoms with Gasteiger partial charge in [0.2, 0.25) is 5.91 Å². The molecule has 24 heavy (non-hydrogen) atoms. The number of nitrogens with one attached hydrogen (secondary N) is 1. The van der Waals surface area contributed by atoms with E-state index in [1.54, 1.807) is 32.4 Å². The van der Waals surface area contributed by atoms with Crippen molar-refractivity contribution in [1.29, 1.82) is 0 Å². The first-order valence-electron chi connectivity index (χ1n) is 8.03. The molecule has 0 bridgehead atoms. The monoisotopic (exact) mass is 336 g/mol. The predicted octanol–water partition coefficient (Wildman–Crippen LogP) is 2.81. The van der Waals surface area contributed by atoms with E-state index in [2.05, 4.69) is 5.32 Å². The van der Waals surface area contributed by atoms with E-state index in [1.165, 1.54) is 4.90 Å². The normalized spacial score (nSPS) is 15.0. The van der Waals surface area contributed by atoms with Gasteiger partial charge >= 0.3 is 6.09 Å². The molecule has 1 aromatic rings. The molecule has 1 fully saturated rings. The summed E-state index contributed by atoms with van der Waals surface area (Å²) in [6.45, 7) is 1.10. The lowest BCUT2D eigenvalue weighted by Crippen LogP contribution is -2.37. The SMILES string of the molecule is COc1ccc(NC(=O)CCC2CCN(C(=O)O)CC2)c(OC)c1. The Kier molecular flexibility index (Phi) is 6.28. The third-order valence-electron chi connectivity index (χ3n) is 4.35. The number of nitrogens with zero attached hydrogens (tertiary/aromatic N) is 1. The number of anilines is 1. The van der Waals surface area contributed by atoms with Gasteiger partial charge in [0, 0.05) is 25.6 Å². The van der Waals surface area contributed by atoms with Crippen LogP contribution < -0.4 is 14.8 Å². The largest absolute Gasteiger partial charge is 0.497 e. The predicted molar refractivity (Wildman–Crippen MR) is 89.7 cm³/mol. The summed E-state index contributed by atoms with van der Waals surface area (Å²) in [6.07, 6.45) is 1.93. The number of amides is 2. The van der Waals surface area contributed by atoms with E-state index in [0.29, 0.717) is 42.6 Å². The van der Waals surface area contributed by atoms with Gasteiger partial charge in [-0.25, -0.2) is 4.79 Å². The molecular weight excluding hydrogens is 312 g/mol. The van der Waals surface area contributed by atoms with Crippen LogP contribution in [0.4, 0.5) is 10.5 Å². The summed E-state index contributed by atoms with van der Waals surface area (Å²) in [6, 6.07) is 5.23. The third kappa shape index (κ3) is 4.78. The second-order valence-corrected chi connectivity index (χ2v) is 5.87. The minimum Gasteiger partial charge on any atom is -0.497 e. The molecule has 0 saturated carbocycles. The van der Waals surface area contributed by atoms with Gasteiger partial charge in [-0.1, -0.05) is 0 Å². The van der Waals surface area contributed by atoms with E-state index < -0.39 is 6.09 Å². The van der Waals surface area contributed by atoms with Crippen LogP contribution in [0.15, 0.2) is 18.2 Å². The second kappa shape index (κ2) is 8.42. The van der Waals surface area contributed by atoms with Crippen LogP contribution in [0, 0.1) is 5.92 Å². The van der Waals surface area contributed by atoms with Crippen molar-refractivity contribution in [3.05, 3.63) is 18.2 Å². The summed E-state index contributed by atoms with van der Waals surface area (Å²) in [5.74, 6) is 1.54. The van der Waals surface area contributed by atoms with Crippen molar-refractivity contribution in [2.75, 3.05) is 32.6 Å². The number of hydrogen-bond donors (Lipinski definition) is 2. The average molecular weight is 336 g/mol. The van der Waals surface area contributed by atoms with E-state index >= 15 is 0 Å². The third-order valence-corrected chi connectivity index (χ3v) is 4.35. The van der Waals surface area contributed by atoms with Crippen LogP contribution in [0.2, 0.25) is 0 Å². The van der Waals surface area contributed by atoms with Gasteiger partial charge in [-0.05, 0) is 37.3 Å². The van der Waals surface area contributed by atoms with E-state index in [0.717, 1.165) is 19.3 Å². The smallest absolute Gasteiger partial charge is 0.407 e. The molecule has 0 radical (unpaired) electrons. The van der Waals surface area contributed by atoms with Crippen LogP contribution in [-0.4, -0.2) is 49.3 Å². The molecule has 0 aromatic heterocycles. The minimum atomic E-state index is -0.863. The van der Waals surface area contributed by atoms with E-state index in [1.807, 2.05) is 0 Å².